The van der Waals surface area contributed by atoms with Gasteiger partial charge in [-0.3, -0.25) is 9.69 Å². The third-order valence-electron chi connectivity index (χ3n) is 6.67. The topological polar surface area (TPSA) is 23.6 Å². The van der Waals surface area contributed by atoms with E-state index in [2.05, 4.69) is 17.0 Å². The molecule has 0 radical (unpaired) electrons. The van der Waals surface area contributed by atoms with Gasteiger partial charge in [-0.2, -0.15) is 0 Å². The third kappa shape index (κ3) is 3.90. The number of likely N-dealkylation sites (tertiary alicyclic amines) is 2. The molecule has 3 nitrogen and oxygen atoms in total. The lowest BCUT2D eigenvalue weighted by molar-refractivity contribution is 0.0588. The number of halogens is 2. The van der Waals surface area contributed by atoms with Gasteiger partial charge in [0.2, 0.25) is 0 Å². The number of hydrogen-bond donors (Lipinski definition) is 0. The van der Waals surface area contributed by atoms with Crippen molar-refractivity contribution in [3.8, 4) is 0 Å². The number of benzene rings is 2. The number of piperidine rings is 1. The van der Waals surface area contributed by atoms with E-state index in [4.69, 9.17) is 0 Å². The summed E-state index contributed by atoms with van der Waals surface area (Å²) in [4.78, 5) is 18.0. The maximum atomic E-state index is 14.8. The first-order valence-electron chi connectivity index (χ1n) is 10.7. The van der Waals surface area contributed by atoms with E-state index in [1.54, 1.807) is 12.1 Å². The van der Waals surface area contributed by atoms with Gasteiger partial charge in [0.25, 0.3) is 5.91 Å². The highest BCUT2D eigenvalue weighted by Crippen LogP contribution is 2.43. The average molecular weight is 439 g/mol. The Kier molecular flexibility index (Phi) is 5.59. The molecule has 5 rings (SSSR count). The van der Waals surface area contributed by atoms with E-state index in [0.29, 0.717) is 25.2 Å². The van der Waals surface area contributed by atoms with Crippen molar-refractivity contribution in [2.45, 2.75) is 24.9 Å². The average Bonchev–Trinajstić information content (AvgIpc) is 3.45. The second-order valence-corrected chi connectivity index (χ2v) is 9.36. The van der Waals surface area contributed by atoms with E-state index < -0.39 is 11.6 Å². The second-order valence-electron chi connectivity index (χ2n) is 8.41. The van der Waals surface area contributed by atoms with E-state index in [0.717, 1.165) is 17.8 Å². The van der Waals surface area contributed by atoms with Gasteiger partial charge in [-0.1, -0.05) is 48.5 Å². The zero-order chi connectivity index (χ0) is 21.4. The fourth-order valence-electron chi connectivity index (χ4n) is 5.22. The van der Waals surface area contributed by atoms with Gasteiger partial charge in [0.05, 0.1) is 4.88 Å². The van der Waals surface area contributed by atoms with Crippen LogP contribution in [0.4, 0.5) is 8.78 Å². The summed E-state index contributed by atoms with van der Waals surface area (Å²) in [6.07, 6.45) is 0.835. The van der Waals surface area contributed by atoms with Crippen molar-refractivity contribution in [3.63, 3.8) is 0 Å². The largest absolute Gasteiger partial charge is 0.338 e. The molecule has 3 atom stereocenters. The molecule has 2 aliphatic heterocycles. The lowest BCUT2D eigenvalue weighted by atomic mass is 9.81. The molecular weight excluding hydrogens is 414 g/mol. The minimum absolute atomic E-state index is 0.0356. The summed E-state index contributed by atoms with van der Waals surface area (Å²) in [5.41, 5.74) is 1.63. The fourth-order valence-corrected chi connectivity index (χ4v) is 5.91. The molecule has 0 aliphatic carbocycles. The summed E-state index contributed by atoms with van der Waals surface area (Å²) in [7, 11) is 0. The standard InChI is InChI=1S/C25H24F2N2OS/c26-21-9-4-8-18(24(21)27)19-15-29(14-17-6-2-1-3-7-17)22-11-12-28(16-20(19)22)25(30)23-10-5-13-31-23/h1-10,13,19-20,22H,11-12,14-16H2/t19-,20-,22-/m0/s1. The van der Waals surface area contributed by atoms with E-state index in [9.17, 15) is 13.6 Å². The van der Waals surface area contributed by atoms with Gasteiger partial charge in [0.15, 0.2) is 11.6 Å². The van der Waals surface area contributed by atoms with Crippen LogP contribution < -0.4 is 0 Å². The highest BCUT2D eigenvalue weighted by molar-refractivity contribution is 7.12. The highest BCUT2D eigenvalue weighted by Gasteiger charge is 2.46. The summed E-state index contributed by atoms with van der Waals surface area (Å²) < 4.78 is 28.8. The number of amides is 1. The molecule has 1 aromatic heterocycles. The Labute approximate surface area is 184 Å². The van der Waals surface area contributed by atoms with E-state index in [1.807, 2.05) is 40.6 Å². The molecule has 2 aliphatic rings. The van der Waals surface area contributed by atoms with Gasteiger partial charge >= 0.3 is 0 Å². The van der Waals surface area contributed by atoms with Crippen molar-refractivity contribution >= 4 is 17.2 Å². The third-order valence-corrected chi connectivity index (χ3v) is 7.52. The Morgan fingerprint density at radius 3 is 2.61 bits per heavy atom. The predicted octanol–water partition coefficient (Wildman–Crippen LogP) is 5.16. The van der Waals surface area contributed by atoms with Gasteiger partial charge in [0.1, 0.15) is 0 Å². The lowest BCUT2D eigenvalue weighted by Crippen LogP contribution is -2.48. The van der Waals surface area contributed by atoms with Crippen LogP contribution in [0.1, 0.15) is 33.1 Å². The number of fused-ring (bicyclic) bond motifs is 1. The smallest absolute Gasteiger partial charge is 0.263 e. The molecule has 6 heteroatoms. The van der Waals surface area contributed by atoms with E-state index in [-0.39, 0.29) is 23.8 Å². The molecule has 0 spiro atoms. The van der Waals surface area contributed by atoms with Crippen molar-refractivity contribution in [1.29, 1.82) is 0 Å². The Bertz CT molecular complexity index is 1060. The molecule has 160 valence electrons. The van der Waals surface area contributed by atoms with Crippen LogP contribution in [0.5, 0.6) is 0 Å². The summed E-state index contributed by atoms with van der Waals surface area (Å²) in [5.74, 6) is -1.61. The molecule has 3 aromatic rings. The molecule has 3 heterocycles. The van der Waals surface area contributed by atoms with Crippen LogP contribution in [-0.2, 0) is 6.54 Å². The van der Waals surface area contributed by atoms with Crippen LogP contribution in [0.2, 0.25) is 0 Å². The van der Waals surface area contributed by atoms with Gasteiger partial charge in [-0.15, -0.1) is 11.3 Å². The zero-order valence-corrected chi connectivity index (χ0v) is 17.9. The van der Waals surface area contributed by atoms with Crippen molar-refractivity contribution < 1.29 is 13.6 Å². The van der Waals surface area contributed by atoms with Crippen LogP contribution in [-0.4, -0.2) is 41.4 Å². The molecule has 0 unspecified atom stereocenters. The van der Waals surface area contributed by atoms with Crippen LogP contribution in [0.15, 0.2) is 66.0 Å². The summed E-state index contributed by atoms with van der Waals surface area (Å²) in [6, 6.07) is 18.7. The zero-order valence-electron chi connectivity index (χ0n) is 17.1. The van der Waals surface area contributed by atoms with Gasteiger partial charge in [0, 0.05) is 44.1 Å². The number of carbonyl (C=O) groups excluding carboxylic acids is 1. The molecule has 0 saturated carbocycles. The quantitative estimate of drug-likeness (QED) is 0.562. The van der Waals surface area contributed by atoms with E-state index >= 15 is 0 Å². The molecule has 0 bridgehead atoms. The van der Waals surface area contributed by atoms with Crippen LogP contribution in [0, 0.1) is 17.6 Å². The molecule has 2 fully saturated rings. The predicted molar refractivity (Wildman–Crippen MR) is 118 cm³/mol. The SMILES string of the molecule is O=C(c1cccs1)N1CC[C@H]2[C@@H](C1)[C@H](c1cccc(F)c1F)CN2Cc1ccccc1. The molecule has 2 saturated heterocycles. The highest BCUT2D eigenvalue weighted by atomic mass is 32.1. The van der Waals surface area contributed by atoms with Gasteiger partial charge in [-0.25, -0.2) is 8.78 Å². The number of nitrogens with zero attached hydrogens (tertiary/aromatic N) is 2. The molecule has 31 heavy (non-hydrogen) atoms. The number of thiophene rings is 1. The van der Waals surface area contributed by atoms with Gasteiger partial charge < -0.3 is 4.90 Å². The maximum Gasteiger partial charge on any atom is 0.263 e. The molecular formula is C25H24F2N2OS. The van der Waals surface area contributed by atoms with Crippen LogP contribution >= 0.6 is 11.3 Å². The first-order valence-corrected chi connectivity index (χ1v) is 11.5. The summed E-state index contributed by atoms with van der Waals surface area (Å²) in [5, 5.41) is 1.90. The van der Waals surface area contributed by atoms with Gasteiger partial charge in [-0.05, 0) is 35.1 Å². The van der Waals surface area contributed by atoms with Crippen molar-refractivity contribution in [2.24, 2.45) is 5.92 Å². The number of carbonyl (C=O) groups is 1. The Balaban J connectivity index is 1.44. The molecule has 2 aromatic carbocycles. The van der Waals surface area contributed by atoms with Crippen molar-refractivity contribution in [3.05, 3.63) is 93.7 Å². The first-order chi connectivity index (χ1) is 15.1. The Morgan fingerprint density at radius 1 is 1.00 bits per heavy atom. The number of hydrogen-bond acceptors (Lipinski definition) is 3. The number of rotatable bonds is 4. The van der Waals surface area contributed by atoms with Crippen molar-refractivity contribution in [2.75, 3.05) is 19.6 Å². The summed E-state index contributed by atoms with van der Waals surface area (Å²) in [6.45, 7) is 2.68. The maximum absolute atomic E-state index is 14.8. The molecule has 1 amide bonds. The van der Waals surface area contributed by atoms with Crippen LogP contribution in [0.3, 0.4) is 0 Å². The summed E-state index contributed by atoms with van der Waals surface area (Å²) >= 11 is 1.44. The monoisotopic (exact) mass is 438 g/mol. The Hall–Kier alpha value is -2.57. The second kappa shape index (κ2) is 8.52. The first kappa shape index (κ1) is 20.3. The van der Waals surface area contributed by atoms with Crippen LogP contribution in [0.25, 0.3) is 0 Å². The Morgan fingerprint density at radius 2 is 1.84 bits per heavy atom. The van der Waals surface area contributed by atoms with Crippen molar-refractivity contribution in [1.82, 2.24) is 9.80 Å². The lowest BCUT2D eigenvalue weighted by Gasteiger charge is -2.39. The minimum Gasteiger partial charge on any atom is -0.338 e. The van der Waals surface area contributed by atoms with E-state index in [1.165, 1.54) is 23.0 Å². The fraction of sp³-hybridized carbons (Fsp3) is 0.320. The minimum atomic E-state index is -0.808. The molecule has 0 N–H and O–H groups in total. The normalized spacial score (nSPS) is 23.7.